The summed E-state index contributed by atoms with van der Waals surface area (Å²) in [4.78, 5) is 29.3. The number of hydrogen-bond acceptors (Lipinski definition) is 4. The number of allylic oxidation sites excluding steroid dienone is 2. The minimum absolute atomic E-state index is 0.0215. The summed E-state index contributed by atoms with van der Waals surface area (Å²) in [6.45, 7) is 2.46. The van der Waals surface area contributed by atoms with Gasteiger partial charge in [-0.2, -0.15) is 0 Å². The smallest absolute Gasteiger partial charge is 0.232 e. The molecule has 5 heteroatoms. The molecule has 2 atom stereocenters. The molecule has 2 unspecified atom stereocenters. The highest BCUT2D eigenvalue weighted by Gasteiger charge is 2.43. The van der Waals surface area contributed by atoms with Crippen LogP contribution in [0.4, 0.5) is 5.69 Å². The molecule has 0 aromatic heterocycles. The van der Waals surface area contributed by atoms with Crippen molar-refractivity contribution in [3.05, 3.63) is 101 Å². The number of amides is 1. The summed E-state index contributed by atoms with van der Waals surface area (Å²) in [7, 11) is 1.62. The number of nitrogens with zero attached hydrogens (tertiary/aromatic N) is 1. The first-order chi connectivity index (χ1) is 17.1. The topological polar surface area (TPSA) is 55.8 Å². The van der Waals surface area contributed by atoms with Gasteiger partial charge >= 0.3 is 0 Å². The van der Waals surface area contributed by atoms with Crippen LogP contribution in [0.25, 0.3) is 0 Å². The molecule has 1 aliphatic carbocycles. The fourth-order valence-electron chi connectivity index (χ4n) is 5.35. The summed E-state index contributed by atoms with van der Waals surface area (Å²) in [6, 6.07) is 25.3. The van der Waals surface area contributed by atoms with Crippen molar-refractivity contribution in [2.45, 2.75) is 38.0 Å². The van der Waals surface area contributed by atoms with Crippen molar-refractivity contribution >= 4 is 17.4 Å². The van der Waals surface area contributed by atoms with E-state index in [-0.39, 0.29) is 29.9 Å². The first-order valence-electron chi connectivity index (χ1n) is 12.1. The summed E-state index contributed by atoms with van der Waals surface area (Å²) in [5, 5.41) is 0. The molecule has 178 valence electrons. The number of ether oxygens (including phenoxy) is 2. The largest absolute Gasteiger partial charge is 0.497 e. The highest BCUT2D eigenvalue weighted by atomic mass is 16.5. The lowest BCUT2D eigenvalue weighted by Crippen LogP contribution is -2.41. The molecule has 1 amide bonds. The predicted molar refractivity (Wildman–Crippen MR) is 136 cm³/mol. The molecular formula is C30H29NO4. The van der Waals surface area contributed by atoms with Crippen molar-refractivity contribution in [2.75, 3.05) is 18.6 Å². The number of para-hydroxylation sites is 1. The lowest BCUT2D eigenvalue weighted by molar-refractivity contribution is -0.120. The minimum atomic E-state index is -0.320. The Balaban J connectivity index is 1.65. The molecule has 0 radical (unpaired) electrons. The van der Waals surface area contributed by atoms with Crippen LogP contribution in [0.1, 0.15) is 49.1 Å². The van der Waals surface area contributed by atoms with Gasteiger partial charge in [0.2, 0.25) is 5.91 Å². The number of carbonyl (C=O) groups is 2. The zero-order valence-corrected chi connectivity index (χ0v) is 20.1. The molecule has 2 aliphatic rings. The Hall–Kier alpha value is -3.86. The van der Waals surface area contributed by atoms with Gasteiger partial charge in [0.15, 0.2) is 5.78 Å². The molecule has 3 aromatic rings. The van der Waals surface area contributed by atoms with Gasteiger partial charge < -0.3 is 9.47 Å². The fourth-order valence-corrected chi connectivity index (χ4v) is 5.35. The summed E-state index contributed by atoms with van der Waals surface area (Å²) in [5.41, 5.74) is 4.30. The quantitative estimate of drug-likeness (QED) is 0.445. The third-order valence-corrected chi connectivity index (χ3v) is 6.93. The number of benzene rings is 3. The summed E-state index contributed by atoms with van der Waals surface area (Å²) < 4.78 is 11.2. The van der Waals surface area contributed by atoms with Crippen LogP contribution < -0.4 is 14.4 Å². The van der Waals surface area contributed by atoms with Gasteiger partial charge in [-0.1, -0.05) is 48.5 Å². The SMILES string of the molecule is CCOc1ccccc1C1CC(=O)N(c2ccc(OC)cc2)C2=C1C(=O)CC(c1ccccc1)C2. The first-order valence-corrected chi connectivity index (χ1v) is 12.1. The van der Waals surface area contributed by atoms with E-state index < -0.39 is 0 Å². The molecule has 5 nitrogen and oxygen atoms in total. The number of carbonyl (C=O) groups excluding carboxylic acids is 2. The summed E-state index contributed by atoms with van der Waals surface area (Å²) in [5.74, 6) is 1.23. The number of hydrogen-bond donors (Lipinski definition) is 0. The molecule has 1 aliphatic heterocycles. The molecule has 0 saturated heterocycles. The Morgan fingerprint density at radius 3 is 2.29 bits per heavy atom. The zero-order valence-electron chi connectivity index (χ0n) is 20.1. The van der Waals surface area contributed by atoms with Gasteiger partial charge in [0.1, 0.15) is 11.5 Å². The highest BCUT2D eigenvalue weighted by molar-refractivity contribution is 6.08. The highest BCUT2D eigenvalue weighted by Crippen LogP contribution is 2.48. The van der Waals surface area contributed by atoms with Crippen molar-refractivity contribution in [2.24, 2.45) is 0 Å². The van der Waals surface area contributed by atoms with Crippen molar-refractivity contribution < 1.29 is 19.1 Å². The van der Waals surface area contributed by atoms with Crippen molar-refractivity contribution in [1.82, 2.24) is 0 Å². The van der Waals surface area contributed by atoms with E-state index in [9.17, 15) is 9.59 Å². The first kappa shape index (κ1) is 22.9. The predicted octanol–water partition coefficient (Wildman–Crippen LogP) is 6.02. The van der Waals surface area contributed by atoms with Gasteiger partial charge in [0, 0.05) is 41.3 Å². The van der Waals surface area contributed by atoms with E-state index in [0.717, 1.165) is 39.6 Å². The molecule has 1 heterocycles. The average molecular weight is 468 g/mol. The van der Waals surface area contributed by atoms with E-state index in [1.807, 2.05) is 73.7 Å². The van der Waals surface area contributed by atoms with Crippen LogP contribution in [0.3, 0.4) is 0 Å². The van der Waals surface area contributed by atoms with E-state index in [4.69, 9.17) is 9.47 Å². The van der Waals surface area contributed by atoms with Crippen LogP contribution in [0.5, 0.6) is 11.5 Å². The molecule has 5 rings (SSSR count). The van der Waals surface area contributed by atoms with E-state index in [1.54, 1.807) is 12.0 Å². The van der Waals surface area contributed by atoms with E-state index in [2.05, 4.69) is 12.1 Å². The summed E-state index contributed by atoms with van der Waals surface area (Å²) in [6.07, 6.45) is 1.27. The maximum Gasteiger partial charge on any atom is 0.232 e. The van der Waals surface area contributed by atoms with Gasteiger partial charge in [0.05, 0.1) is 13.7 Å². The number of Topliss-reactive ketones (excluding diaryl/α,β-unsaturated/α-hetero) is 1. The maximum absolute atomic E-state index is 13.8. The number of methoxy groups -OCH3 is 1. The molecule has 0 N–H and O–H groups in total. The van der Waals surface area contributed by atoms with Gasteiger partial charge in [-0.25, -0.2) is 0 Å². The Morgan fingerprint density at radius 2 is 1.57 bits per heavy atom. The Morgan fingerprint density at radius 1 is 0.857 bits per heavy atom. The molecule has 0 fully saturated rings. The second-order valence-corrected chi connectivity index (χ2v) is 8.95. The Labute approximate surface area is 206 Å². The molecule has 35 heavy (non-hydrogen) atoms. The third kappa shape index (κ3) is 4.34. The van der Waals surface area contributed by atoms with Crippen molar-refractivity contribution in [3.63, 3.8) is 0 Å². The van der Waals surface area contributed by atoms with Gasteiger partial charge in [0.25, 0.3) is 0 Å². The van der Waals surface area contributed by atoms with Crippen LogP contribution in [-0.4, -0.2) is 25.4 Å². The Kier molecular flexibility index (Phi) is 6.41. The second kappa shape index (κ2) is 9.79. The number of rotatable bonds is 6. The summed E-state index contributed by atoms with van der Waals surface area (Å²) >= 11 is 0. The average Bonchev–Trinajstić information content (AvgIpc) is 2.89. The molecule has 0 bridgehead atoms. The van der Waals surface area contributed by atoms with Crippen LogP contribution in [0, 0.1) is 0 Å². The minimum Gasteiger partial charge on any atom is -0.497 e. The lowest BCUT2D eigenvalue weighted by atomic mass is 9.72. The molecule has 3 aromatic carbocycles. The molecule has 0 spiro atoms. The molecule has 0 saturated carbocycles. The third-order valence-electron chi connectivity index (χ3n) is 6.93. The fraction of sp³-hybridized carbons (Fsp3) is 0.267. The van der Waals surface area contributed by atoms with Crippen LogP contribution in [0.2, 0.25) is 0 Å². The second-order valence-electron chi connectivity index (χ2n) is 8.95. The van der Waals surface area contributed by atoms with Crippen molar-refractivity contribution in [1.29, 1.82) is 0 Å². The van der Waals surface area contributed by atoms with E-state index in [0.29, 0.717) is 19.4 Å². The van der Waals surface area contributed by atoms with E-state index >= 15 is 0 Å². The Bertz CT molecular complexity index is 1260. The van der Waals surface area contributed by atoms with Gasteiger partial charge in [-0.05, 0) is 55.2 Å². The van der Waals surface area contributed by atoms with Gasteiger partial charge in [-0.3, -0.25) is 14.5 Å². The maximum atomic E-state index is 13.8. The molecular weight excluding hydrogens is 438 g/mol. The van der Waals surface area contributed by atoms with Crippen LogP contribution in [0.15, 0.2) is 90.1 Å². The van der Waals surface area contributed by atoms with Crippen molar-refractivity contribution in [3.8, 4) is 11.5 Å². The normalized spacial score (nSPS) is 20.0. The number of anilines is 1. The number of ketones is 1. The van der Waals surface area contributed by atoms with E-state index in [1.165, 1.54) is 0 Å². The monoisotopic (exact) mass is 467 g/mol. The van der Waals surface area contributed by atoms with Gasteiger partial charge in [-0.15, -0.1) is 0 Å². The lowest BCUT2D eigenvalue weighted by Gasteiger charge is -2.40. The zero-order chi connectivity index (χ0) is 24.4. The standard InChI is InChI=1S/C30H29NO4/c1-3-35-28-12-8-7-11-24(28)25-19-29(33)31(22-13-15-23(34-2)16-14-22)26-17-21(18-27(32)30(25)26)20-9-5-4-6-10-20/h4-16,21,25H,3,17-19H2,1-2H3. The van der Waals surface area contributed by atoms with Crippen LogP contribution >= 0.6 is 0 Å². The van der Waals surface area contributed by atoms with Crippen LogP contribution in [-0.2, 0) is 9.59 Å².